The first kappa shape index (κ1) is 13.5. The molecule has 0 amide bonds. The SMILES string of the molecule is N[C@H]1C[C@@H]1c1ccccc1.O=C(O)C(F)(F)F. The normalized spacial score (nSPS) is 22.4. The molecule has 0 aromatic heterocycles. The number of aliphatic carboxylic acids is 1. The zero-order valence-corrected chi connectivity index (χ0v) is 8.82. The molecule has 3 N–H and O–H groups in total. The van der Waals surface area contributed by atoms with Gasteiger partial charge in [-0.15, -0.1) is 0 Å². The third-order valence-corrected chi connectivity index (χ3v) is 2.31. The second-order valence-electron chi connectivity index (χ2n) is 3.72. The second kappa shape index (κ2) is 5.18. The van der Waals surface area contributed by atoms with Crippen LogP contribution in [0.5, 0.6) is 0 Å². The summed E-state index contributed by atoms with van der Waals surface area (Å²) in [5.41, 5.74) is 7.10. The van der Waals surface area contributed by atoms with E-state index in [1.807, 2.05) is 6.07 Å². The number of benzene rings is 1. The van der Waals surface area contributed by atoms with Crippen LogP contribution < -0.4 is 5.73 Å². The van der Waals surface area contributed by atoms with Gasteiger partial charge in [-0.1, -0.05) is 30.3 Å². The van der Waals surface area contributed by atoms with Crippen LogP contribution in [0, 0.1) is 0 Å². The summed E-state index contributed by atoms with van der Waals surface area (Å²) in [5, 5.41) is 7.12. The minimum Gasteiger partial charge on any atom is -0.475 e. The Hall–Kier alpha value is -1.56. The molecule has 0 unspecified atom stereocenters. The summed E-state index contributed by atoms with van der Waals surface area (Å²) in [6.07, 6.45) is -3.91. The fourth-order valence-electron chi connectivity index (χ4n) is 1.30. The molecule has 1 aromatic carbocycles. The Morgan fingerprint density at radius 3 is 2.00 bits per heavy atom. The van der Waals surface area contributed by atoms with Crippen LogP contribution in [0.1, 0.15) is 17.9 Å². The quantitative estimate of drug-likeness (QED) is 0.799. The zero-order valence-electron chi connectivity index (χ0n) is 8.82. The van der Waals surface area contributed by atoms with E-state index in [0.29, 0.717) is 12.0 Å². The minimum absolute atomic E-state index is 0.433. The van der Waals surface area contributed by atoms with Crippen molar-refractivity contribution in [2.24, 2.45) is 5.73 Å². The van der Waals surface area contributed by atoms with Crippen molar-refractivity contribution < 1.29 is 23.1 Å². The topological polar surface area (TPSA) is 63.3 Å². The Morgan fingerprint density at radius 1 is 1.29 bits per heavy atom. The van der Waals surface area contributed by atoms with Gasteiger partial charge in [0.05, 0.1) is 0 Å². The van der Waals surface area contributed by atoms with E-state index in [9.17, 15) is 13.2 Å². The summed E-state index contributed by atoms with van der Waals surface area (Å²) in [5.74, 6) is -2.10. The van der Waals surface area contributed by atoms with Gasteiger partial charge in [0.1, 0.15) is 0 Å². The molecule has 17 heavy (non-hydrogen) atoms. The molecule has 6 heteroatoms. The Labute approximate surface area is 96.0 Å². The fourth-order valence-corrected chi connectivity index (χ4v) is 1.30. The maximum Gasteiger partial charge on any atom is 0.490 e. The number of alkyl halides is 3. The van der Waals surface area contributed by atoms with Crippen LogP contribution in [-0.4, -0.2) is 23.3 Å². The van der Waals surface area contributed by atoms with E-state index < -0.39 is 12.1 Å². The molecule has 1 aromatic rings. The van der Waals surface area contributed by atoms with E-state index in [1.54, 1.807) is 0 Å². The van der Waals surface area contributed by atoms with E-state index in [-0.39, 0.29) is 0 Å². The highest BCUT2D eigenvalue weighted by Gasteiger charge is 2.38. The maximum absolute atomic E-state index is 10.6. The van der Waals surface area contributed by atoms with Gasteiger partial charge in [-0.3, -0.25) is 0 Å². The lowest BCUT2D eigenvalue weighted by atomic mass is 10.1. The van der Waals surface area contributed by atoms with Crippen molar-refractivity contribution in [3.05, 3.63) is 35.9 Å². The molecule has 2 rings (SSSR count). The number of rotatable bonds is 1. The Balaban J connectivity index is 0.000000185. The first-order chi connectivity index (χ1) is 7.82. The lowest BCUT2D eigenvalue weighted by Gasteiger charge is -1.94. The molecule has 0 aliphatic heterocycles. The first-order valence-electron chi connectivity index (χ1n) is 4.93. The van der Waals surface area contributed by atoms with Crippen LogP contribution in [0.4, 0.5) is 13.2 Å². The first-order valence-corrected chi connectivity index (χ1v) is 4.93. The lowest BCUT2D eigenvalue weighted by molar-refractivity contribution is -0.192. The lowest BCUT2D eigenvalue weighted by Crippen LogP contribution is -2.21. The van der Waals surface area contributed by atoms with Crippen molar-refractivity contribution >= 4 is 5.97 Å². The van der Waals surface area contributed by atoms with Crippen LogP contribution in [0.15, 0.2) is 30.3 Å². The number of halogens is 3. The summed E-state index contributed by atoms with van der Waals surface area (Å²) in [6, 6.07) is 10.9. The number of carboxylic acids is 1. The van der Waals surface area contributed by atoms with Crippen molar-refractivity contribution in [3.8, 4) is 0 Å². The smallest absolute Gasteiger partial charge is 0.475 e. The van der Waals surface area contributed by atoms with Crippen molar-refractivity contribution in [1.29, 1.82) is 0 Å². The van der Waals surface area contributed by atoms with Crippen LogP contribution in [0.25, 0.3) is 0 Å². The number of carboxylic acid groups (broad SMARTS) is 1. The molecule has 3 nitrogen and oxygen atoms in total. The number of carbonyl (C=O) groups is 1. The van der Waals surface area contributed by atoms with Crippen LogP contribution in [-0.2, 0) is 4.79 Å². The summed E-state index contributed by atoms with van der Waals surface area (Å²) in [4.78, 5) is 8.90. The number of hydrogen-bond acceptors (Lipinski definition) is 2. The third kappa shape index (κ3) is 4.44. The second-order valence-corrected chi connectivity index (χ2v) is 3.72. The van der Waals surface area contributed by atoms with Gasteiger partial charge in [-0.25, -0.2) is 4.79 Å². The van der Waals surface area contributed by atoms with Gasteiger partial charge >= 0.3 is 12.1 Å². The van der Waals surface area contributed by atoms with E-state index in [1.165, 1.54) is 12.0 Å². The predicted molar refractivity (Wildman–Crippen MR) is 55.5 cm³/mol. The summed E-state index contributed by atoms with van der Waals surface area (Å²) in [6.45, 7) is 0. The van der Waals surface area contributed by atoms with Crippen molar-refractivity contribution in [2.45, 2.75) is 24.6 Å². The molecular formula is C11H12F3NO2. The van der Waals surface area contributed by atoms with E-state index in [4.69, 9.17) is 15.6 Å². The maximum atomic E-state index is 10.6. The summed E-state index contributed by atoms with van der Waals surface area (Å²) in [7, 11) is 0. The summed E-state index contributed by atoms with van der Waals surface area (Å²) >= 11 is 0. The third-order valence-electron chi connectivity index (χ3n) is 2.31. The van der Waals surface area contributed by atoms with E-state index >= 15 is 0 Å². The van der Waals surface area contributed by atoms with Crippen molar-refractivity contribution in [3.63, 3.8) is 0 Å². The highest BCUT2D eigenvalue weighted by Crippen LogP contribution is 2.38. The van der Waals surface area contributed by atoms with Crippen molar-refractivity contribution in [1.82, 2.24) is 0 Å². The molecule has 1 aliphatic rings. The number of nitrogens with two attached hydrogens (primary N) is 1. The van der Waals surface area contributed by atoms with E-state index in [2.05, 4.69) is 24.3 Å². The van der Waals surface area contributed by atoms with Gasteiger partial charge < -0.3 is 10.8 Å². The predicted octanol–water partition coefficient (Wildman–Crippen LogP) is 2.13. The zero-order chi connectivity index (χ0) is 13.1. The summed E-state index contributed by atoms with van der Waals surface area (Å²) < 4.78 is 31.7. The van der Waals surface area contributed by atoms with Gasteiger partial charge in [-0.05, 0) is 12.0 Å². The average Bonchev–Trinajstić information content (AvgIpc) is 2.96. The highest BCUT2D eigenvalue weighted by atomic mass is 19.4. The minimum atomic E-state index is -5.08. The Kier molecular flexibility index (Phi) is 4.11. The molecule has 1 fully saturated rings. The molecule has 0 bridgehead atoms. The molecule has 0 saturated heterocycles. The van der Waals surface area contributed by atoms with Crippen LogP contribution in [0.3, 0.4) is 0 Å². The standard InChI is InChI=1S/C9H11N.C2HF3O2/c10-9-6-8(9)7-4-2-1-3-5-7;3-2(4,5)1(6)7/h1-5,8-9H,6,10H2;(H,6,7)/t8-,9+;/m1./s1. The monoisotopic (exact) mass is 247 g/mol. The van der Waals surface area contributed by atoms with Crippen LogP contribution >= 0.6 is 0 Å². The molecule has 1 aliphatic carbocycles. The molecule has 0 heterocycles. The van der Waals surface area contributed by atoms with E-state index in [0.717, 1.165) is 0 Å². The van der Waals surface area contributed by atoms with Gasteiger partial charge in [-0.2, -0.15) is 13.2 Å². The van der Waals surface area contributed by atoms with Gasteiger partial charge in [0.15, 0.2) is 0 Å². The van der Waals surface area contributed by atoms with Crippen LogP contribution in [0.2, 0.25) is 0 Å². The molecule has 0 radical (unpaired) electrons. The number of hydrogen-bond donors (Lipinski definition) is 2. The molecule has 1 saturated carbocycles. The molecule has 2 atom stereocenters. The largest absolute Gasteiger partial charge is 0.490 e. The average molecular weight is 247 g/mol. The van der Waals surface area contributed by atoms with Crippen molar-refractivity contribution in [2.75, 3.05) is 0 Å². The van der Waals surface area contributed by atoms with Gasteiger partial charge in [0, 0.05) is 12.0 Å². The highest BCUT2D eigenvalue weighted by molar-refractivity contribution is 5.73. The fraction of sp³-hybridized carbons (Fsp3) is 0.364. The van der Waals surface area contributed by atoms with Gasteiger partial charge in [0.25, 0.3) is 0 Å². The Morgan fingerprint density at radius 2 is 1.71 bits per heavy atom. The van der Waals surface area contributed by atoms with Gasteiger partial charge in [0.2, 0.25) is 0 Å². The molecular weight excluding hydrogens is 235 g/mol. The molecule has 0 spiro atoms. The molecule has 94 valence electrons. The Bertz CT molecular complexity index is 378.